The molecule has 1 aliphatic rings. The number of aromatic nitrogens is 3. The number of rotatable bonds is 4. The van der Waals surface area contributed by atoms with Crippen molar-refractivity contribution in [2.45, 2.75) is 18.8 Å². The lowest BCUT2D eigenvalue weighted by Crippen LogP contribution is -2.16. The van der Waals surface area contributed by atoms with Gasteiger partial charge in [0, 0.05) is 41.0 Å². The summed E-state index contributed by atoms with van der Waals surface area (Å²) in [5, 5.41) is 19.5. The van der Waals surface area contributed by atoms with Gasteiger partial charge in [-0.3, -0.25) is 10.1 Å². The molecule has 2 N–H and O–H groups in total. The summed E-state index contributed by atoms with van der Waals surface area (Å²) < 4.78 is 19.4. The van der Waals surface area contributed by atoms with Crippen LogP contribution in [-0.2, 0) is 4.74 Å². The van der Waals surface area contributed by atoms with E-state index in [0.717, 1.165) is 62.6 Å². The number of benzene rings is 3. The van der Waals surface area contributed by atoms with Crippen LogP contribution in [0.4, 0.5) is 4.39 Å². The number of halogens is 1. The van der Waals surface area contributed by atoms with Crippen molar-refractivity contribution in [3.63, 3.8) is 0 Å². The Bertz CT molecular complexity index is 1550. The van der Waals surface area contributed by atoms with Crippen LogP contribution in [0.2, 0.25) is 0 Å². The predicted octanol–water partition coefficient (Wildman–Crippen LogP) is 6.18. The third kappa shape index (κ3) is 3.84. The van der Waals surface area contributed by atoms with Crippen molar-refractivity contribution >= 4 is 27.6 Å². The van der Waals surface area contributed by atoms with Crippen molar-refractivity contribution in [2.24, 2.45) is 0 Å². The molecule has 1 fully saturated rings. The van der Waals surface area contributed by atoms with Gasteiger partial charge in [0.15, 0.2) is 0 Å². The zero-order valence-corrected chi connectivity index (χ0v) is 18.8. The third-order valence-electron chi connectivity index (χ3n) is 6.74. The lowest BCUT2D eigenvalue weighted by molar-refractivity contribution is 0.0697. The Morgan fingerprint density at radius 2 is 1.69 bits per heavy atom. The van der Waals surface area contributed by atoms with Crippen molar-refractivity contribution in [1.82, 2.24) is 15.2 Å². The lowest BCUT2D eigenvalue weighted by atomic mass is 9.86. The molecular formula is C28H22FN3O3. The van der Waals surface area contributed by atoms with Crippen LogP contribution in [0.15, 0.2) is 66.9 Å². The first-order valence-electron chi connectivity index (χ1n) is 11.6. The molecule has 0 bridgehead atoms. The van der Waals surface area contributed by atoms with E-state index < -0.39 is 5.97 Å². The molecule has 35 heavy (non-hydrogen) atoms. The third-order valence-corrected chi connectivity index (χ3v) is 6.74. The first-order chi connectivity index (χ1) is 17.1. The smallest absolute Gasteiger partial charge is 0.335 e. The second kappa shape index (κ2) is 8.60. The summed E-state index contributed by atoms with van der Waals surface area (Å²) in [7, 11) is 0. The highest BCUT2D eigenvalue weighted by Gasteiger charge is 2.25. The van der Waals surface area contributed by atoms with Crippen LogP contribution in [0.3, 0.4) is 0 Å². The highest BCUT2D eigenvalue weighted by atomic mass is 19.1. The largest absolute Gasteiger partial charge is 0.478 e. The maximum absolute atomic E-state index is 13.8. The zero-order chi connectivity index (χ0) is 23.9. The van der Waals surface area contributed by atoms with Crippen LogP contribution in [0.5, 0.6) is 0 Å². The Morgan fingerprint density at radius 3 is 2.40 bits per heavy atom. The minimum absolute atomic E-state index is 0.185. The molecule has 0 saturated carbocycles. The monoisotopic (exact) mass is 467 g/mol. The van der Waals surface area contributed by atoms with Gasteiger partial charge in [-0.1, -0.05) is 24.3 Å². The number of carboxylic acid groups (broad SMARTS) is 1. The predicted molar refractivity (Wildman–Crippen MR) is 132 cm³/mol. The van der Waals surface area contributed by atoms with Gasteiger partial charge >= 0.3 is 5.97 Å². The Labute approximate surface area is 200 Å². The number of carbonyl (C=O) groups is 1. The maximum atomic E-state index is 13.8. The van der Waals surface area contributed by atoms with Gasteiger partial charge in [-0.25, -0.2) is 9.18 Å². The summed E-state index contributed by atoms with van der Waals surface area (Å²) in [4.78, 5) is 16.6. The molecule has 5 aromatic rings. The molecule has 3 heterocycles. The van der Waals surface area contributed by atoms with Crippen molar-refractivity contribution in [1.29, 1.82) is 0 Å². The molecule has 0 spiro atoms. The quantitative estimate of drug-likeness (QED) is 0.330. The molecule has 1 saturated heterocycles. The van der Waals surface area contributed by atoms with Crippen molar-refractivity contribution < 1.29 is 19.0 Å². The van der Waals surface area contributed by atoms with Crippen molar-refractivity contribution in [3.8, 4) is 22.4 Å². The van der Waals surface area contributed by atoms with Gasteiger partial charge in [-0.15, -0.1) is 0 Å². The van der Waals surface area contributed by atoms with Crippen molar-refractivity contribution in [2.75, 3.05) is 13.2 Å². The summed E-state index contributed by atoms with van der Waals surface area (Å²) in [5.41, 5.74) is 5.56. The van der Waals surface area contributed by atoms with E-state index in [2.05, 4.69) is 16.3 Å². The molecule has 0 radical (unpaired) electrons. The normalized spacial score (nSPS) is 14.5. The molecule has 6 rings (SSSR count). The Hall–Kier alpha value is -4.10. The van der Waals surface area contributed by atoms with E-state index >= 15 is 0 Å². The topological polar surface area (TPSA) is 88.1 Å². The molecule has 7 heteroatoms. The highest BCUT2D eigenvalue weighted by Crippen LogP contribution is 2.42. The van der Waals surface area contributed by atoms with Crippen LogP contribution in [0.25, 0.3) is 44.1 Å². The first-order valence-corrected chi connectivity index (χ1v) is 11.6. The van der Waals surface area contributed by atoms with Gasteiger partial charge in [0.1, 0.15) is 5.82 Å². The molecule has 2 aromatic heterocycles. The van der Waals surface area contributed by atoms with E-state index in [1.165, 1.54) is 12.1 Å². The van der Waals surface area contributed by atoms with E-state index in [0.29, 0.717) is 13.2 Å². The highest BCUT2D eigenvalue weighted by molar-refractivity contribution is 6.09. The molecule has 0 amide bonds. The van der Waals surface area contributed by atoms with E-state index in [-0.39, 0.29) is 17.3 Å². The number of H-pyrrole nitrogens is 1. The van der Waals surface area contributed by atoms with Gasteiger partial charge in [0.2, 0.25) is 0 Å². The molecule has 1 aliphatic heterocycles. The summed E-state index contributed by atoms with van der Waals surface area (Å²) >= 11 is 0. The number of nitrogens with one attached hydrogen (secondary N) is 1. The van der Waals surface area contributed by atoms with Gasteiger partial charge in [0.25, 0.3) is 0 Å². The van der Waals surface area contributed by atoms with E-state index in [1.807, 2.05) is 6.07 Å². The number of ether oxygens (including phenoxy) is 1. The average Bonchev–Trinajstić information content (AvgIpc) is 3.35. The van der Waals surface area contributed by atoms with Gasteiger partial charge in [-0.2, -0.15) is 5.10 Å². The summed E-state index contributed by atoms with van der Waals surface area (Å²) in [6.45, 7) is 1.33. The number of aromatic carboxylic acids is 1. The van der Waals surface area contributed by atoms with E-state index in [1.54, 1.807) is 42.6 Å². The maximum Gasteiger partial charge on any atom is 0.335 e. The van der Waals surface area contributed by atoms with Gasteiger partial charge in [-0.05, 0) is 60.2 Å². The van der Waals surface area contributed by atoms with E-state index in [9.17, 15) is 14.3 Å². The molecular weight excluding hydrogens is 445 g/mol. The lowest BCUT2D eigenvalue weighted by Gasteiger charge is -2.26. The minimum atomic E-state index is -0.969. The Kier molecular flexibility index (Phi) is 5.26. The zero-order valence-electron chi connectivity index (χ0n) is 18.8. The van der Waals surface area contributed by atoms with Crippen LogP contribution in [0.1, 0.15) is 34.8 Å². The summed E-state index contributed by atoms with van der Waals surface area (Å²) in [5.74, 6) is -1.07. The van der Waals surface area contributed by atoms with Crippen LogP contribution >= 0.6 is 0 Å². The van der Waals surface area contributed by atoms with Crippen LogP contribution in [0, 0.1) is 5.82 Å². The molecule has 0 unspecified atom stereocenters. The number of pyridine rings is 1. The van der Waals surface area contributed by atoms with Gasteiger partial charge < -0.3 is 9.84 Å². The number of carboxylic acids is 1. The fourth-order valence-corrected chi connectivity index (χ4v) is 4.95. The molecule has 6 nitrogen and oxygen atoms in total. The molecule has 3 aromatic carbocycles. The second-order valence-electron chi connectivity index (χ2n) is 8.85. The molecule has 0 atom stereocenters. The molecule has 0 aliphatic carbocycles. The number of hydrogen-bond donors (Lipinski definition) is 2. The number of nitrogens with zero attached hydrogens (tertiary/aromatic N) is 2. The summed E-state index contributed by atoms with van der Waals surface area (Å²) in [6.07, 6.45) is 3.48. The Balaban J connectivity index is 1.69. The minimum Gasteiger partial charge on any atom is -0.478 e. The summed E-state index contributed by atoms with van der Waals surface area (Å²) in [6, 6.07) is 17.5. The first kappa shape index (κ1) is 21.4. The number of fused-ring (bicyclic) bond motifs is 2. The average molecular weight is 468 g/mol. The van der Waals surface area contributed by atoms with Crippen LogP contribution in [-0.4, -0.2) is 39.5 Å². The number of aromatic amines is 1. The number of hydrogen-bond acceptors (Lipinski definition) is 4. The SMILES string of the molecule is O=C(O)c1ccc(-c2nc(C3CCOCC3)c(-c3ccc(F)cc3)c3cc4cn[nH]c4cc23)cc1. The standard InChI is InChI=1S/C28H22FN3O3/c29-21-7-5-16(6-8-21)25-22-13-20-15-30-32-24(20)14-23(22)26(17-1-3-19(4-2-17)28(33)34)31-27(25)18-9-11-35-12-10-18/h1-8,13-15,18H,9-12H2,(H,30,32)(H,33,34). The Morgan fingerprint density at radius 1 is 0.971 bits per heavy atom. The fraction of sp³-hybridized carbons (Fsp3) is 0.179. The van der Waals surface area contributed by atoms with Crippen LogP contribution < -0.4 is 0 Å². The van der Waals surface area contributed by atoms with Gasteiger partial charge in [0.05, 0.1) is 28.7 Å². The molecule has 174 valence electrons. The fourth-order valence-electron chi connectivity index (χ4n) is 4.95. The van der Waals surface area contributed by atoms with E-state index in [4.69, 9.17) is 9.72 Å². The second-order valence-corrected chi connectivity index (χ2v) is 8.85. The van der Waals surface area contributed by atoms with Crippen molar-refractivity contribution in [3.05, 3.63) is 83.9 Å².